The Kier molecular flexibility index (Phi) is 10.9. The molecule has 0 saturated heterocycles. The van der Waals surface area contributed by atoms with Gasteiger partial charge in [-0.15, -0.1) is 5.10 Å². The Balaban J connectivity index is 1.91. The first-order valence-electron chi connectivity index (χ1n) is 13.0. The highest BCUT2D eigenvalue weighted by Crippen LogP contribution is 2.25. The van der Waals surface area contributed by atoms with Crippen molar-refractivity contribution in [1.29, 1.82) is 0 Å². The molecule has 0 spiro atoms. The lowest BCUT2D eigenvalue weighted by atomic mass is 9.95. The first-order chi connectivity index (χ1) is 20.2. The maximum Gasteiger partial charge on any atom is 0.405 e. The number of hydrogen-bond acceptors (Lipinski definition) is 11. The minimum atomic E-state index is -3.25. The van der Waals surface area contributed by atoms with Crippen LogP contribution in [0.3, 0.4) is 0 Å². The van der Waals surface area contributed by atoms with Crippen LogP contribution in [0.2, 0.25) is 0 Å². The molecule has 0 aliphatic carbocycles. The van der Waals surface area contributed by atoms with E-state index in [1.165, 1.54) is 23.5 Å². The molecule has 0 saturated carbocycles. The highest BCUT2D eigenvalue weighted by molar-refractivity contribution is 6.39. The van der Waals surface area contributed by atoms with Crippen molar-refractivity contribution in [1.82, 2.24) is 39.6 Å². The van der Waals surface area contributed by atoms with E-state index in [4.69, 9.17) is 11.6 Å². The summed E-state index contributed by atoms with van der Waals surface area (Å²) in [6.45, 7) is 8.79. The number of hydrogen-bond donors (Lipinski definition) is 3. The molecule has 3 aromatic rings. The van der Waals surface area contributed by atoms with E-state index in [1.54, 1.807) is 76.7 Å². The lowest BCUT2D eigenvalue weighted by Crippen LogP contribution is -2.34. The van der Waals surface area contributed by atoms with Crippen molar-refractivity contribution in [3.8, 4) is 5.82 Å². The Morgan fingerprint density at radius 1 is 1.23 bits per heavy atom. The molecule has 3 N–H and O–H groups in total. The number of aromatic nitrogens is 7. The molecule has 13 nitrogen and oxygen atoms in total. The maximum absolute atomic E-state index is 15.8. The average molecular weight is 614 g/mol. The third-order valence-electron chi connectivity index (χ3n) is 6.11. The molecule has 3 heterocycles. The second-order valence-electron chi connectivity index (χ2n) is 9.58. The SMILES string of the molecule is C/C=C/N=C(/C(F)=C/N(C)/C(C)=C\C(=C(\Cl)C=O)C(C)Cc1cnn(C(O)(O)O)n1)c1cccc(-n2nc(C)nc2C)n1. The van der Waals surface area contributed by atoms with Gasteiger partial charge in [0.05, 0.1) is 22.6 Å². The van der Waals surface area contributed by atoms with Gasteiger partial charge in [-0.05, 0) is 63.8 Å². The standard InChI is InChI=1S/C28H33ClFN9O4/c1-7-11-31-27(25-9-8-10-26(34-25)38-20(5)33-19(4)35-38)24(30)15-37(6)18(3)13-22(23(29)16-40)17(2)12-21-14-32-39(36-21)28(41,42)43/h7-11,13-17,41-43H,12H2,1-6H3/b11-7+,18-13-,23-22-,24-15-,31-27-. The summed E-state index contributed by atoms with van der Waals surface area (Å²) in [7, 11) is 1.62. The molecule has 0 fully saturated rings. The number of halogens is 2. The van der Waals surface area contributed by atoms with Crippen molar-refractivity contribution in [2.24, 2.45) is 10.9 Å². The molecular formula is C28H33ClFN9O4. The van der Waals surface area contributed by atoms with Crippen LogP contribution in [0, 0.1) is 19.8 Å². The lowest BCUT2D eigenvalue weighted by Gasteiger charge is -2.19. The van der Waals surface area contributed by atoms with Gasteiger partial charge in [0, 0.05) is 25.1 Å². The average Bonchev–Trinajstić information content (AvgIpc) is 3.56. The quantitative estimate of drug-likeness (QED) is 0.0908. The maximum atomic E-state index is 15.8. The minimum absolute atomic E-state index is 0.0139. The van der Waals surface area contributed by atoms with Crippen LogP contribution in [-0.4, -0.2) is 74.0 Å². The van der Waals surface area contributed by atoms with Gasteiger partial charge >= 0.3 is 6.10 Å². The number of carbonyl (C=O) groups excluding carboxylic acids is 1. The molecule has 15 heteroatoms. The fourth-order valence-electron chi connectivity index (χ4n) is 3.94. The Bertz CT molecular complexity index is 1620. The fraction of sp³-hybridized carbons (Fsp3) is 0.321. The predicted molar refractivity (Wildman–Crippen MR) is 157 cm³/mol. The normalized spacial score (nSPS) is 14.7. The number of nitrogens with zero attached hydrogens (tertiary/aromatic N) is 9. The van der Waals surface area contributed by atoms with E-state index in [2.05, 4.69) is 30.3 Å². The largest absolute Gasteiger partial charge is 0.405 e. The molecule has 0 aromatic carbocycles. The summed E-state index contributed by atoms with van der Waals surface area (Å²) in [5.74, 6) is 0.574. The molecule has 0 bridgehead atoms. The Morgan fingerprint density at radius 3 is 2.53 bits per heavy atom. The topological polar surface area (TPSA) is 168 Å². The predicted octanol–water partition coefficient (Wildman–Crippen LogP) is 2.96. The van der Waals surface area contributed by atoms with E-state index < -0.39 is 17.8 Å². The summed E-state index contributed by atoms with van der Waals surface area (Å²) in [5.41, 5.74) is 1.50. The molecule has 228 valence electrons. The lowest BCUT2D eigenvalue weighted by molar-refractivity contribution is -0.387. The van der Waals surface area contributed by atoms with Crippen LogP contribution in [-0.2, 0) is 17.3 Å². The zero-order valence-electron chi connectivity index (χ0n) is 24.5. The van der Waals surface area contributed by atoms with Crippen molar-refractivity contribution in [2.45, 2.75) is 47.1 Å². The number of aliphatic hydroxyl groups is 3. The van der Waals surface area contributed by atoms with Crippen LogP contribution in [0.15, 0.2) is 76.1 Å². The van der Waals surface area contributed by atoms with Crippen LogP contribution in [0.25, 0.3) is 5.82 Å². The molecule has 0 aliphatic heterocycles. The van der Waals surface area contributed by atoms with Crippen LogP contribution in [0.4, 0.5) is 4.39 Å². The van der Waals surface area contributed by atoms with Gasteiger partial charge in [0.1, 0.15) is 17.4 Å². The van der Waals surface area contributed by atoms with Crippen LogP contribution in [0.5, 0.6) is 0 Å². The summed E-state index contributed by atoms with van der Waals surface area (Å²) in [5, 5.41) is 39.5. The van der Waals surface area contributed by atoms with E-state index in [0.717, 1.165) is 0 Å². The van der Waals surface area contributed by atoms with Gasteiger partial charge in [0.2, 0.25) is 0 Å². The molecule has 0 radical (unpaired) electrons. The van der Waals surface area contributed by atoms with Gasteiger partial charge in [-0.1, -0.05) is 35.5 Å². The molecule has 1 unspecified atom stereocenters. The van der Waals surface area contributed by atoms with E-state index in [0.29, 0.717) is 45.5 Å². The zero-order valence-corrected chi connectivity index (χ0v) is 25.3. The third kappa shape index (κ3) is 8.58. The minimum Gasteiger partial charge on any atom is -0.352 e. The van der Waals surface area contributed by atoms with Gasteiger partial charge in [-0.25, -0.2) is 14.4 Å². The van der Waals surface area contributed by atoms with Gasteiger partial charge in [0.25, 0.3) is 0 Å². The van der Waals surface area contributed by atoms with Gasteiger partial charge in [-0.3, -0.25) is 9.79 Å². The molecule has 43 heavy (non-hydrogen) atoms. The number of aldehydes is 1. The molecule has 0 amide bonds. The van der Waals surface area contributed by atoms with E-state index in [-0.39, 0.29) is 22.9 Å². The summed E-state index contributed by atoms with van der Waals surface area (Å²) in [6.07, 6.45) is 4.64. The number of pyridine rings is 1. The van der Waals surface area contributed by atoms with Crippen molar-refractivity contribution in [2.75, 3.05) is 7.05 Å². The van der Waals surface area contributed by atoms with Gasteiger partial charge in [-0.2, -0.15) is 14.9 Å². The fourth-order valence-corrected chi connectivity index (χ4v) is 4.18. The third-order valence-corrected chi connectivity index (χ3v) is 6.42. The van der Waals surface area contributed by atoms with Crippen molar-refractivity contribution in [3.05, 3.63) is 94.1 Å². The van der Waals surface area contributed by atoms with Crippen LogP contribution < -0.4 is 0 Å². The molecular weight excluding hydrogens is 581 g/mol. The highest BCUT2D eigenvalue weighted by Gasteiger charge is 2.25. The van der Waals surface area contributed by atoms with Crippen molar-refractivity contribution in [3.63, 3.8) is 0 Å². The Labute approximate surface area is 252 Å². The molecule has 0 aliphatic rings. The van der Waals surface area contributed by atoms with E-state index in [9.17, 15) is 20.1 Å². The summed E-state index contributed by atoms with van der Waals surface area (Å²) in [4.78, 5) is 26.6. The first-order valence-corrected chi connectivity index (χ1v) is 13.4. The molecule has 3 aromatic heterocycles. The van der Waals surface area contributed by atoms with Crippen molar-refractivity contribution < 1.29 is 24.5 Å². The number of allylic oxidation sites excluding steroid dienone is 6. The van der Waals surface area contributed by atoms with E-state index >= 15 is 4.39 Å². The summed E-state index contributed by atoms with van der Waals surface area (Å²) < 4.78 is 17.4. The molecule has 1 atom stereocenters. The second kappa shape index (κ2) is 14.2. The zero-order chi connectivity index (χ0) is 31.9. The summed E-state index contributed by atoms with van der Waals surface area (Å²) in [6, 6.07) is 5.10. The molecule has 3 rings (SSSR count). The van der Waals surface area contributed by atoms with Gasteiger partial charge < -0.3 is 20.2 Å². The highest BCUT2D eigenvalue weighted by atomic mass is 35.5. The smallest absolute Gasteiger partial charge is 0.352 e. The first kappa shape index (κ1) is 33.1. The second-order valence-corrected chi connectivity index (χ2v) is 9.99. The monoisotopic (exact) mass is 613 g/mol. The Hall–Kier alpha value is -4.37. The number of rotatable bonds is 12. The number of aliphatic imine (C=N–C) groups is 1. The van der Waals surface area contributed by atoms with Crippen molar-refractivity contribution >= 4 is 23.6 Å². The summed E-state index contributed by atoms with van der Waals surface area (Å²) >= 11 is 6.24. The van der Waals surface area contributed by atoms with Crippen LogP contribution in [0.1, 0.15) is 43.8 Å². The van der Waals surface area contributed by atoms with Gasteiger partial charge in [0.15, 0.2) is 17.9 Å². The van der Waals surface area contributed by atoms with Crippen LogP contribution >= 0.6 is 11.6 Å². The van der Waals surface area contributed by atoms with E-state index in [1.807, 2.05) is 0 Å². The Morgan fingerprint density at radius 2 is 1.95 bits per heavy atom. The number of aryl methyl sites for hydroxylation is 2. The number of carbonyl (C=O) groups is 1.